The summed E-state index contributed by atoms with van der Waals surface area (Å²) in [7, 11) is 1.79. The quantitative estimate of drug-likeness (QED) is 0.835. The monoisotopic (exact) mass is 221 g/mol. The van der Waals surface area contributed by atoms with Crippen LogP contribution in [0.3, 0.4) is 0 Å². The SMILES string of the molecule is Cn1c(CCC(=O)O)nnc1-c1ccco1. The Balaban J connectivity index is 2.21. The summed E-state index contributed by atoms with van der Waals surface area (Å²) in [5, 5.41) is 16.5. The largest absolute Gasteiger partial charge is 0.481 e. The summed E-state index contributed by atoms with van der Waals surface area (Å²) in [6.07, 6.45) is 1.96. The number of hydrogen-bond donors (Lipinski definition) is 1. The zero-order valence-corrected chi connectivity index (χ0v) is 8.75. The molecule has 0 aliphatic rings. The molecule has 0 spiro atoms. The highest BCUT2D eigenvalue weighted by Crippen LogP contribution is 2.17. The Labute approximate surface area is 91.5 Å². The minimum Gasteiger partial charge on any atom is -0.481 e. The second kappa shape index (κ2) is 4.18. The van der Waals surface area contributed by atoms with E-state index in [0.717, 1.165) is 0 Å². The molecule has 0 saturated carbocycles. The van der Waals surface area contributed by atoms with Crippen molar-refractivity contribution >= 4 is 5.97 Å². The van der Waals surface area contributed by atoms with Crippen molar-refractivity contribution in [3.63, 3.8) is 0 Å². The Kier molecular flexibility index (Phi) is 2.72. The Morgan fingerprint density at radius 3 is 3.00 bits per heavy atom. The van der Waals surface area contributed by atoms with Crippen molar-refractivity contribution in [1.82, 2.24) is 14.8 Å². The van der Waals surface area contributed by atoms with E-state index in [0.29, 0.717) is 23.8 Å². The lowest BCUT2D eigenvalue weighted by Gasteiger charge is -2.00. The third-order valence-corrected chi connectivity index (χ3v) is 2.27. The highest BCUT2D eigenvalue weighted by Gasteiger charge is 2.13. The van der Waals surface area contributed by atoms with Crippen LogP contribution >= 0.6 is 0 Å². The molecule has 6 nitrogen and oxygen atoms in total. The van der Waals surface area contributed by atoms with Crippen LogP contribution in [0.1, 0.15) is 12.2 Å². The summed E-state index contributed by atoms with van der Waals surface area (Å²) in [5.74, 6) is 1.01. The second-order valence-electron chi connectivity index (χ2n) is 3.37. The molecule has 6 heteroatoms. The first kappa shape index (κ1) is 10.4. The van der Waals surface area contributed by atoms with Crippen molar-refractivity contribution < 1.29 is 14.3 Å². The number of nitrogens with zero attached hydrogens (tertiary/aromatic N) is 3. The topological polar surface area (TPSA) is 81.2 Å². The van der Waals surface area contributed by atoms with Crippen molar-refractivity contribution in [2.75, 3.05) is 0 Å². The maximum Gasteiger partial charge on any atom is 0.303 e. The molecule has 2 rings (SSSR count). The van der Waals surface area contributed by atoms with Crippen LogP contribution in [0.2, 0.25) is 0 Å². The van der Waals surface area contributed by atoms with Gasteiger partial charge in [0.15, 0.2) is 11.6 Å². The van der Waals surface area contributed by atoms with Gasteiger partial charge in [0, 0.05) is 13.5 Å². The minimum absolute atomic E-state index is 0.0458. The van der Waals surface area contributed by atoms with Gasteiger partial charge >= 0.3 is 5.97 Å². The van der Waals surface area contributed by atoms with Crippen LogP contribution in [0.5, 0.6) is 0 Å². The molecule has 0 radical (unpaired) electrons. The van der Waals surface area contributed by atoms with Gasteiger partial charge in [-0.25, -0.2) is 0 Å². The molecule has 0 fully saturated rings. The summed E-state index contributed by atoms with van der Waals surface area (Å²) < 4.78 is 6.94. The number of carboxylic acids is 1. The van der Waals surface area contributed by atoms with Crippen LogP contribution in [0.4, 0.5) is 0 Å². The molecule has 1 N–H and O–H groups in total. The number of hydrogen-bond acceptors (Lipinski definition) is 4. The normalized spacial score (nSPS) is 10.6. The Bertz CT molecular complexity index is 487. The van der Waals surface area contributed by atoms with Crippen molar-refractivity contribution in [3.8, 4) is 11.6 Å². The zero-order chi connectivity index (χ0) is 11.5. The molecule has 0 aliphatic heterocycles. The van der Waals surface area contributed by atoms with Crippen molar-refractivity contribution in [2.24, 2.45) is 7.05 Å². The molecule has 0 aromatic carbocycles. The zero-order valence-electron chi connectivity index (χ0n) is 8.75. The summed E-state index contributed by atoms with van der Waals surface area (Å²) in [4.78, 5) is 10.4. The van der Waals surface area contributed by atoms with Crippen molar-refractivity contribution in [1.29, 1.82) is 0 Å². The van der Waals surface area contributed by atoms with Crippen LogP contribution in [0, 0.1) is 0 Å². The van der Waals surface area contributed by atoms with E-state index in [-0.39, 0.29) is 6.42 Å². The first-order valence-electron chi connectivity index (χ1n) is 4.82. The fraction of sp³-hybridized carbons (Fsp3) is 0.300. The molecule has 0 saturated heterocycles. The Morgan fingerprint density at radius 1 is 1.56 bits per heavy atom. The molecular formula is C10H11N3O3. The molecule has 2 heterocycles. The predicted molar refractivity (Wildman–Crippen MR) is 54.7 cm³/mol. The molecule has 0 unspecified atom stereocenters. The molecule has 0 atom stereocenters. The number of rotatable bonds is 4. The van der Waals surface area contributed by atoms with Crippen LogP contribution in [0.15, 0.2) is 22.8 Å². The lowest BCUT2D eigenvalue weighted by molar-refractivity contribution is -0.137. The highest BCUT2D eigenvalue weighted by atomic mass is 16.4. The van der Waals surface area contributed by atoms with Gasteiger partial charge in [0.1, 0.15) is 5.82 Å². The number of aliphatic carboxylic acids is 1. The van der Waals surface area contributed by atoms with E-state index in [2.05, 4.69) is 10.2 Å². The van der Waals surface area contributed by atoms with Gasteiger partial charge in [-0.05, 0) is 12.1 Å². The predicted octanol–water partition coefficient (Wildman–Crippen LogP) is 1.09. The summed E-state index contributed by atoms with van der Waals surface area (Å²) in [6.45, 7) is 0. The second-order valence-corrected chi connectivity index (χ2v) is 3.37. The van der Waals surface area contributed by atoms with Crippen LogP contribution < -0.4 is 0 Å². The average Bonchev–Trinajstić information content (AvgIpc) is 2.84. The molecule has 2 aromatic heterocycles. The van der Waals surface area contributed by atoms with E-state index < -0.39 is 5.97 Å². The van der Waals surface area contributed by atoms with E-state index in [1.54, 1.807) is 30.0 Å². The lowest BCUT2D eigenvalue weighted by atomic mass is 10.3. The van der Waals surface area contributed by atoms with Crippen molar-refractivity contribution in [2.45, 2.75) is 12.8 Å². The van der Waals surface area contributed by atoms with Gasteiger partial charge in [0.2, 0.25) is 0 Å². The maximum absolute atomic E-state index is 10.4. The number of carboxylic acid groups (broad SMARTS) is 1. The third kappa shape index (κ3) is 1.95. The highest BCUT2D eigenvalue weighted by molar-refractivity contribution is 5.66. The smallest absolute Gasteiger partial charge is 0.303 e. The number of carbonyl (C=O) groups is 1. The molecule has 0 amide bonds. The van der Waals surface area contributed by atoms with Gasteiger partial charge in [0.25, 0.3) is 0 Å². The number of aryl methyl sites for hydroxylation is 1. The lowest BCUT2D eigenvalue weighted by Crippen LogP contribution is -2.03. The summed E-state index contributed by atoms with van der Waals surface area (Å²) >= 11 is 0. The molecule has 0 bridgehead atoms. The first-order valence-corrected chi connectivity index (χ1v) is 4.82. The molecule has 16 heavy (non-hydrogen) atoms. The van der Waals surface area contributed by atoms with E-state index >= 15 is 0 Å². The van der Waals surface area contributed by atoms with Crippen LogP contribution in [0.25, 0.3) is 11.6 Å². The van der Waals surface area contributed by atoms with Gasteiger partial charge in [-0.1, -0.05) is 0 Å². The summed E-state index contributed by atoms with van der Waals surface area (Å²) in [5.41, 5.74) is 0. The number of aromatic nitrogens is 3. The fourth-order valence-electron chi connectivity index (χ4n) is 1.42. The standard InChI is InChI=1S/C10H11N3O3/c1-13-8(4-5-9(14)15)11-12-10(13)7-3-2-6-16-7/h2-3,6H,4-5H2,1H3,(H,14,15). The van der Waals surface area contributed by atoms with E-state index in [9.17, 15) is 4.79 Å². The molecule has 0 aliphatic carbocycles. The fourth-order valence-corrected chi connectivity index (χ4v) is 1.42. The Morgan fingerprint density at radius 2 is 2.38 bits per heavy atom. The van der Waals surface area contributed by atoms with Gasteiger partial charge in [-0.3, -0.25) is 4.79 Å². The maximum atomic E-state index is 10.4. The molecule has 2 aromatic rings. The first-order chi connectivity index (χ1) is 7.68. The third-order valence-electron chi connectivity index (χ3n) is 2.27. The Hall–Kier alpha value is -2.11. The molecular weight excluding hydrogens is 210 g/mol. The average molecular weight is 221 g/mol. The molecule has 84 valence electrons. The van der Waals surface area contributed by atoms with Crippen molar-refractivity contribution in [3.05, 3.63) is 24.2 Å². The summed E-state index contributed by atoms with van der Waals surface area (Å²) in [6, 6.07) is 3.55. The van der Waals surface area contributed by atoms with Gasteiger partial charge < -0.3 is 14.1 Å². The van der Waals surface area contributed by atoms with Gasteiger partial charge in [-0.2, -0.15) is 0 Å². The van der Waals surface area contributed by atoms with E-state index in [1.807, 2.05) is 0 Å². The van der Waals surface area contributed by atoms with Gasteiger partial charge in [0.05, 0.1) is 12.7 Å². The van der Waals surface area contributed by atoms with E-state index in [4.69, 9.17) is 9.52 Å². The number of furan rings is 1. The van der Waals surface area contributed by atoms with Gasteiger partial charge in [-0.15, -0.1) is 10.2 Å². The minimum atomic E-state index is -0.845. The van der Waals surface area contributed by atoms with E-state index in [1.165, 1.54) is 0 Å². The van der Waals surface area contributed by atoms with Crippen LogP contribution in [-0.4, -0.2) is 25.8 Å². The van der Waals surface area contributed by atoms with Crippen LogP contribution in [-0.2, 0) is 18.3 Å².